The molecule has 0 saturated heterocycles. The minimum absolute atomic E-state index is 0.146. The molecule has 1 atom stereocenters. The third-order valence-corrected chi connectivity index (χ3v) is 4.28. The van der Waals surface area contributed by atoms with Crippen LogP contribution >= 0.6 is 27.3 Å². The molecule has 1 N–H and O–H groups in total. The summed E-state index contributed by atoms with van der Waals surface area (Å²) in [5.41, 5.74) is 2.07. The second kappa shape index (κ2) is 5.92. The Morgan fingerprint density at radius 2 is 2.11 bits per heavy atom. The Hall–Kier alpha value is -1.07. The van der Waals surface area contributed by atoms with Crippen molar-refractivity contribution in [2.24, 2.45) is 0 Å². The summed E-state index contributed by atoms with van der Waals surface area (Å²) in [7, 11) is 1.68. The maximum Gasteiger partial charge on any atom is 0.142 e. The first kappa shape index (κ1) is 14.3. The molecule has 1 aromatic heterocycles. The first-order valence-electron chi connectivity index (χ1n) is 6.05. The van der Waals surface area contributed by atoms with Crippen molar-refractivity contribution in [2.75, 3.05) is 12.4 Å². The van der Waals surface area contributed by atoms with Gasteiger partial charge in [0, 0.05) is 9.35 Å². The van der Waals surface area contributed by atoms with Gasteiger partial charge in [-0.1, -0.05) is 15.9 Å². The predicted molar refractivity (Wildman–Crippen MR) is 84.3 cm³/mol. The van der Waals surface area contributed by atoms with E-state index in [0.29, 0.717) is 0 Å². The van der Waals surface area contributed by atoms with Gasteiger partial charge in [0.25, 0.3) is 0 Å². The van der Waals surface area contributed by atoms with E-state index in [4.69, 9.17) is 4.74 Å². The van der Waals surface area contributed by atoms with Crippen LogP contribution in [0.1, 0.15) is 28.5 Å². The molecule has 0 fully saturated rings. The standard InChI is InChI=1S/C14H17BrN2OS/c1-8(14-9(2)19-10(3)17-14)16-12-7-11(15)5-6-13(12)18-4/h5-8,16H,1-4H3. The molecule has 19 heavy (non-hydrogen) atoms. The Bertz CT molecular complexity index is 583. The van der Waals surface area contributed by atoms with Crippen LogP contribution in [0.25, 0.3) is 0 Å². The highest BCUT2D eigenvalue weighted by Gasteiger charge is 2.14. The zero-order chi connectivity index (χ0) is 14.0. The predicted octanol–water partition coefficient (Wildman–Crippen LogP) is 4.70. The fraction of sp³-hybridized carbons (Fsp3) is 0.357. The Balaban J connectivity index is 2.25. The number of aromatic nitrogens is 1. The highest BCUT2D eigenvalue weighted by molar-refractivity contribution is 9.10. The van der Waals surface area contributed by atoms with Gasteiger partial charge in [-0.25, -0.2) is 4.98 Å². The number of hydrogen-bond donors (Lipinski definition) is 1. The first-order chi connectivity index (χ1) is 9.01. The van der Waals surface area contributed by atoms with Crippen molar-refractivity contribution in [3.05, 3.63) is 38.3 Å². The topological polar surface area (TPSA) is 34.1 Å². The highest BCUT2D eigenvalue weighted by atomic mass is 79.9. The van der Waals surface area contributed by atoms with Gasteiger partial charge in [0.15, 0.2) is 0 Å². The number of benzene rings is 1. The molecule has 0 bridgehead atoms. The number of ether oxygens (including phenoxy) is 1. The van der Waals surface area contributed by atoms with Gasteiger partial charge in [0.05, 0.1) is 29.5 Å². The van der Waals surface area contributed by atoms with Crippen LogP contribution in [0.4, 0.5) is 5.69 Å². The zero-order valence-electron chi connectivity index (χ0n) is 11.5. The number of thiazole rings is 1. The summed E-state index contributed by atoms with van der Waals surface area (Å²) in [5.74, 6) is 0.833. The summed E-state index contributed by atoms with van der Waals surface area (Å²) in [5, 5.41) is 4.56. The van der Waals surface area contributed by atoms with E-state index in [1.165, 1.54) is 4.88 Å². The Kier molecular flexibility index (Phi) is 4.47. The number of nitrogens with zero attached hydrogens (tertiary/aromatic N) is 1. The third-order valence-electron chi connectivity index (χ3n) is 2.88. The van der Waals surface area contributed by atoms with Crippen LogP contribution in [-0.4, -0.2) is 12.1 Å². The largest absolute Gasteiger partial charge is 0.495 e. The van der Waals surface area contributed by atoms with Gasteiger partial charge in [0.1, 0.15) is 5.75 Å². The van der Waals surface area contributed by atoms with Crippen LogP contribution in [0.2, 0.25) is 0 Å². The second-order valence-electron chi connectivity index (χ2n) is 4.38. The maximum atomic E-state index is 5.37. The van der Waals surface area contributed by atoms with Crippen molar-refractivity contribution in [1.82, 2.24) is 4.98 Å². The summed E-state index contributed by atoms with van der Waals surface area (Å²) in [6.07, 6.45) is 0. The van der Waals surface area contributed by atoms with Crippen LogP contribution in [0.15, 0.2) is 22.7 Å². The summed E-state index contributed by atoms with van der Waals surface area (Å²) < 4.78 is 6.39. The summed E-state index contributed by atoms with van der Waals surface area (Å²) in [6.45, 7) is 6.26. The van der Waals surface area contributed by atoms with Gasteiger partial charge < -0.3 is 10.1 Å². The summed E-state index contributed by atoms with van der Waals surface area (Å²) >= 11 is 5.21. The van der Waals surface area contributed by atoms with Crippen molar-refractivity contribution >= 4 is 33.0 Å². The van der Waals surface area contributed by atoms with Gasteiger partial charge in [-0.15, -0.1) is 11.3 Å². The zero-order valence-corrected chi connectivity index (χ0v) is 13.9. The van der Waals surface area contributed by atoms with Crippen LogP contribution in [0.3, 0.4) is 0 Å². The fourth-order valence-electron chi connectivity index (χ4n) is 2.04. The fourth-order valence-corrected chi connectivity index (χ4v) is 3.32. The molecule has 0 radical (unpaired) electrons. The number of aryl methyl sites for hydroxylation is 2. The molecule has 1 heterocycles. The smallest absolute Gasteiger partial charge is 0.142 e. The SMILES string of the molecule is COc1ccc(Br)cc1NC(C)c1nc(C)sc1C. The average Bonchev–Trinajstić information content (AvgIpc) is 2.69. The molecule has 5 heteroatoms. The van der Waals surface area contributed by atoms with Gasteiger partial charge in [-0.05, 0) is 39.0 Å². The summed E-state index contributed by atoms with van der Waals surface area (Å²) in [4.78, 5) is 5.84. The van der Waals surface area contributed by atoms with Crippen LogP contribution in [0, 0.1) is 13.8 Å². The number of methoxy groups -OCH3 is 1. The highest BCUT2D eigenvalue weighted by Crippen LogP contribution is 2.32. The van der Waals surface area contributed by atoms with E-state index in [0.717, 1.165) is 26.6 Å². The lowest BCUT2D eigenvalue weighted by atomic mass is 10.2. The Morgan fingerprint density at radius 3 is 2.68 bits per heavy atom. The minimum Gasteiger partial charge on any atom is -0.495 e. The molecule has 0 aliphatic rings. The van der Waals surface area contributed by atoms with E-state index in [1.54, 1.807) is 18.4 Å². The number of anilines is 1. The normalized spacial score (nSPS) is 12.3. The van der Waals surface area contributed by atoms with Crippen LogP contribution in [-0.2, 0) is 0 Å². The molecule has 0 amide bonds. The number of halogens is 1. The van der Waals surface area contributed by atoms with Crippen LogP contribution < -0.4 is 10.1 Å². The van der Waals surface area contributed by atoms with Crippen molar-refractivity contribution in [3.8, 4) is 5.75 Å². The lowest BCUT2D eigenvalue weighted by Gasteiger charge is -2.17. The molecule has 102 valence electrons. The molecule has 0 aliphatic heterocycles. The van der Waals surface area contributed by atoms with Gasteiger partial charge in [0.2, 0.25) is 0 Å². The van der Waals surface area contributed by atoms with E-state index in [9.17, 15) is 0 Å². The molecule has 0 spiro atoms. The van der Waals surface area contributed by atoms with Crippen molar-refractivity contribution in [3.63, 3.8) is 0 Å². The third kappa shape index (κ3) is 3.28. The molecule has 3 nitrogen and oxygen atoms in total. The van der Waals surface area contributed by atoms with Crippen molar-refractivity contribution in [1.29, 1.82) is 0 Å². The van der Waals surface area contributed by atoms with Crippen LogP contribution in [0.5, 0.6) is 5.75 Å². The minimum atomic E-state index is 0.146. The van der Waals surface area contributed by atoms with E-state index < -0.39 is 0 Å². The first-order valence-corrected chi connectivity index (χ1v) is 7.66. The average molecular weight is 341 g/mol. The number of rotatable bonds is 4. The van der Waals surface area contributed by atoms with Crippen molar-refractivity contribution < 1.29 is 4.74 Å². The number of nitrogens with one attached hydrogen (secondary N) is 1. The molecule has 1 unspecified atom stereocenters. The van der Waals surface area contributed by atoms with Gasteiger partial charge in [-0.2, -0.15) is 0 Å². The lowest BCUT2D eigenvalue weighted by molar-refractivity contribution is 0.416. The Labute approximate surface area is 126 Å². The molecule has 0 aliphatic carbocycles. The van der Waals surface area contributed by atoms with Crippen molar-refractivity contribution in [2.45, 2.75) is 26.8 Å². The van der Waals surface area contributed by atoms with Gasteiger partial charge in [-0.3, -0.25) is 0 Å². The molecular formula is C14H17BrN2OS. The molecule has 2 rings (SSSR count). The molecule has 1 aromatic carbocycles. The molecule has 2 aromatic rings. The monoisotopic (exact) mass is 340 g/mol. The quantitative estimate of drug-likeness (QED) is 0.875. The lowest BCUT2D eigenvalue weighted by Crippen LogP contribution is -2.09. The maximum absolute atomic E-state index is 5.37. The van der Waals surface area contributed by atoms with E-state index in [1.807, 2.05) is 25.1 Å². The summed E-state index contributed by atoms with van der Waals surface area (Å²) in [6, 6.07) is 6.07. The van der Waals surface area contributed by atoms with E-state index in [2.05, 4.69) is 40.1 Å². The van der Waals surface area contributed by atoms with E-state index in [-0.39, 0.29) is 6.04 Å². The Morgan fingerprint density at radius 1 is 1.37 bits per heavy atom. The molecular weight excluding hydrogens is 324 g/mol. The second-order valence-corrected chi connectivity index (χ2v) is 6.71. The molecule has 0 saturated carbocycles. The number of hydrogen-bond acceptors (Lipinski definition) is 4. The van der Waals surface area contributed by atoms with Gasteiger partial charge >= 0.3 is 0 Å². The van der Waals surface area contributed by atoms with E-state index >= 15 is 0 Å².